The monoisotopic (exact) mass is 384 g/mol. The van der Waals surface area contributed by atoms with E-state index in [4.69, 9.17) is 4.74 Å². The fraction of sp³-hybridized carbons (Fsp3) is 0.0870. The normalized spacial score (nSPS) is 10.5. The molecule has 0 aliphatic rings. The number of nitrogens with zero attached hydrogens (tertiary/aromatic N) is 3. The van der Waals surface area contributed by atoms with Gasteiger partial charge in [0.05, 0.1) is 7.11 Å². The van der Waals surface area contributed by atoms with Gasteiger partial charge in [0, 0.05) is 17.7 Å². The van der Waals surface area contributed by atoms with Crippen molar-refractivity contribution < 1.29 is 9.53 Å². The zero-order valence-corrected chi connectivity index (χ0v) is 15.9. The Morgan fingerprint density at radius 3 is 2.41 bits per heavy atom. The summed E-state index contributed by atoms with van der Waals surface area (Å²) in [6.07, 6.45) is 0. The summed E-state index contributed by atoms with van der Waals surface area (Å²) in [5.74, 6) is 1.20. The van der Waals surface area contributed by atoms with E-state index in [1.54, 1.807) is 31.4 Å². The molecule has 1 N–H and O–H groups in total. The van der Waals surface area contributed by atoms with Gasteiger partial charge in [-0.05, 0) is 23.8 Å². The van der Waals surface area contributed by atoms with Gasteiger partial charge >= 0.3 is 0 Å². The molecule has 1 aromatic heterocycles. The maximum atomic E-state index is 13.2. The maximum absolute atomic E-state index is 13.2. The molecular weight excluding hydrogens is 364 g/mol. The highest BCUT2D eigenvalue weighted by Gasteiger charge is 2.19. The molecule has 0 spiro atoms. The summed E-state index contributed by atoms with van der Waals surface area (Å²) in [7, 11) is 1.57. The third-order valence-electron chi connectivity index (χ3n) is 4.44. The molecule has 0 saturated heterocycles. The average molecular weight is 384 g/mol. The van der Waals surface area contributed by atoms with E-state index in [1.807, 2.05) is 60.7 Å². The van der Waals surface area contributed by atoms with E-state index in [0.717, 1.165) is 11.1 Å². The van der Waals surface area contributed by atoms with E-state index >= 15 is 0 Å². The lowest BCUT2D eigenvalue weighted by atomic mass is 10.2. The third kappa shape index (κ3) is 4.16. The van der Waals surface area contributed by atoms with Crippen molar-refractivity contribution >= 4 is 11.9 Å². The number of carbonyl (C=O) groups excluding carboxylic acids is 1. The molecule has 1 heterocycles. The zero-order valence-electron chi connectivity index (χ0n) is 15.9. The number of hydrogen-bond donors (Lipinski definition) is 1. The van der Waals surface area contributed by atoms with Gasteiger partial charge in [0.1, 0.15) is 5.75 Å². The standard InChI is InChI=1S/C23H20N4O2/c1-29-20-14-8-13-19(15-20)22(28)27-23(24-16-17-9-4-2-5-10-17)25-21(26-27)18-11-6-3-7-12-18/h2-15H,16H2,1H3,(H,24,25,26). The van der Waals surface area contributed by atoms with E-state index < -0.39 is 0 Å². The molecule has 0 unspecified atom stereocenters. The lowest BCUT2D eigenvalue weighted by Gasteiger charge is -2.08. The second-order valence-electron chi connectivity index (χ2n) is 6.41. The Hall–Kier alpha value is -3.93. The van der Waals surface area contributed by atoms with E-state index in [1.165, 1.54) is 4.68 Å². The van der Waals surface area contributed by atoms with E-state index in [9.17, 15) is 4.79 Å². The smallest absolute Gasteiger partial charge is 0.281 e. The SMILES string of the molecule is COc1cccc(C(=O)n2nc(-c3ccccc3)nc2NCc2ccccc2)c1. The van der Waals surface area contributed by atoms with Gasteiger partial charge in [-0.15, -0.1) is 5.10 Å². The van der Waals surface area contributed by atoms with Crippen molar-refractivity contribution in [3.63, 3.8) is 0 Å². The predicted molar refractivity (Wildman–Crippen MR) is 112 cm³/mol. The Morgan fingerprint density at radius 2 is 1.69 bits per heavy atom. The minimum atomic E-state index is -0.283. The summed E-state index contributed by atoms with van der Waals surface area (Å²) in [5, 5.41) is 7.71. The van der Waals surface area contributed by atoms with Crippen LogP contribution in [0.5, 0.6) is 5.75 Å². The van der Waals surface area contributed by atoms with Crippen LogP contribution >= 0.6 is 0 Å². The molecule has 0 saturated carbocycles. The van der Waals surface area contributed by atoms with Crippen LogP contribution in [0.3, 0.4) is 0 Å². The Kier molecular flexibility index (Phi) is 5.33. The molecule has 0 radical (unpaired) electrons. The molecule has 0 bridgehead atoms. The second-order valence-corrected chi connectivity index (χ2v) is 6.41. The first-order valence-corrected chi connectivity index (χ1v) is 9.23. The first kappa shape index (κ1) is 18.4. The van der Waals surface area contributed by atoms with E-state index in [-0.39, 0.29) is 5.91 Å². The molecule has 0 amide bonds. The summed E-state index contributed by atoms with van der Waals surface area (Å²) in [6.45, 7) is 0.527. The van der Waals surface area contributed by atoms with Gasteiger partial charge in [-0.1, -0.05) is 66.7 Å². The first-order chi connectivity index (χ1) is 14.2. The number of anilines is 1. The van der Waals surface area contributed by atoms with Crippen LogP contribution in [0.4, 0.5) is 5.95 Å². The van der Waals surface area contributed by atoms with Gasteiger partial charge in [-0.25, -0.2) is 0 Å². The van der Waals surface area contributed by atoms with Crippen molar-refractivity contribution in [2.45, 2.75) is 6.54 Å². The first-order valence-electron chi connectivity index (χ1n) is 9.23. The van der Waals surface area contributed by atoms with Crippen LogP contribution in [-0.2, 0) is 6.54 Å². The minimum Gasteiger partial charge on any atom is -0.497 e. The fourth-order valence-electron chi connectivity index (χ4n) is 2.93. The van der Waals surface area contributed by atoms with Crippen molar-refractivity contribution in [1.82, 2.24) is 14.8 Å². The van der Waals surface area contributed by atoms with Gasteiger partial charge in [0.25, 0.3) is 5.91 Å². The highest BCUT2D eigenvalue weighted by molar-refractivity contribution is 5.97. The molecule has 6 nitrogen and oxygen atoms in total. The predicted octanol–water partition coefficient (Wildman–Crippen LogP) is 4.25. The lowest BCUT2D eigenvalue weighted by molar-refractivity contribution is 0.0947. The number of aromatic nitrogens is 3. The Balaban J connectivity index is 1.70. The van der Waals surface area contributed by atoms with E-state index in [2.05, 4.69) is 15.4 Å². The van der Waals surface area contributed by atoms with E-state index in [0.29, 0.717) is 29.6 Å². The topological polar surface area (TPSA) is 69.0 Å². The second kappa shape index (κ2) is 8.39. The Morgan fingerprint density at radius 1 is 0.966 bits per heavy atom. The maximum Gasteiger partial charge on any atom is 0.281 e. The molecule has 4 rings (SSSR count). The summed E-state index contributed by atoms with van der Waals surface area (Å²) in [4.78, 5) is 17.7. The number of carbonyl (C=O) groups is 1. The van der Waals surface area contributed by atoms with Crippen molar-refractivity contribution in [3.05, 3.63) is 96.1 Å². The molecule has 6 heteroatoms. The van der Waals surface area contributed by atoms with Crippen LogP contribution < -0.4 is 10.1 Å². The summed E-state index contributed by atoms with van der Waals surface area (Å²) < 4.78 is 6.54. The molecule has 0 aliphatic heterocycles. The number of benzene rings is 3. The molecule has 144 valence electrons. The molecular formula is C23H20N4O2. The van der Waals surface area contributed by atoms with Crippen LogP contribution in [0.1, 0.15) is 15.9 Å². The van der Waals surface area contributed by atoms with Crippen molar-refractivity contribution in [3.8, 4) is 17.1 Å². The lowest BCUT2D eigenvalue weighted by Crippen LogP contribution is -2.17. The minimum absolute atomic E-state index is 0.283. The quantitative estimate of drug-likeness (QED) is 0.538. The van der Waals surface area contributed by atoms with Gasteiger partial charge < -0.3 is 10.1 Å². The van der Waals surface area contributed by atoms with Gasteiger partial charge in [-0.2, -0.15) is 9.67 Å². The highest BCUT2D eigenvalue weighted by Crippen LogP contribution is 2.20. The molecule has 29 heavy (non-hydrogen) atoms. The van der Waals surface area contributed by atoms with Crippen molar-refractivity contribution in [2.24, 2.45) is 0 Å². The van der Waals surface area contributed by atoms with Crippen LogP contribution in [0.2, 0.25) is 0 Å². The highest BCUT2D eigenvalue weighted by atomic mass is 16.5. The van der Waals surface area contributed by atoms with Gasteiger partial charge in [-0.3, -0.25) is 4.79 Å². The van der Waals surface area contributed by atoms with Gasteiger partial charge in [0.15, 0.2) is 5.82 Å². The fourth-order valence-corrected chi connectivity index (χ4v) is 2.93. The Bertz CT molecular complexity index is 1110. The molecule has 0 fully saturated rings. The number of nitrogens with one attached hydrogen (secondary N) is 1. The Labute approximate surface area is 168 Å². The van der Waals surface area contributed by atoms with Crippen LogP contribution in [0.25, 0.3) is 11.4 Å². The average Bonchev–Trinajstić information content (AvgIpc) is 3.23. The van der Waals surface area contributed by atoms with Crippen molar-refractivity contribution in [2.75, 3.05) is 12.4 Å². The van der Waals surface area contributed by atoms with Gasteiger partial charge in [0.2, 0.25) is 5.95 Å². The summed E-state index contributed by atoms with van der Waals surface area (Å²) in [5.41, 5.74) is 2.39. The van der Waals surface area contributed by atoms with Crippen LogP contribution in [0, 0.1) is 0 Å². The van der Waals surface area contributed by atoms with Crippen LogP contribution in [-0.4, -0.2) is 27.8 Å². The number of rotatable bonds is 6. The summed E-state index contributed by atoms with van der Waals surface area (Å²) in [6, 6.07) is 26.5. The molecule has 0 atom stereocenters. The summed E-state index contributed by atoms with van der Waals surface area (Å²) >= 11 is 0. The molecule has 4 aromatic rings. The number of hydrogen-bond acceptors (Lipinski definition) is 5. The number of methoxy groups -OCH3 is 1. The third-order valence-corrected chi connectivity index (χ3v) is 4.44. The van der Waals surface area contributed by atoms with Crippen molar-refractivity contribution in [1.29, 1.82) is 0 Å². The van der Waals surface area contributed by atoms with Crippen LogP contribution in [0.15, 0.2) is 84.9 Å². The zero-order chi connectivity index (χ0) is 20.1. The number of ether oxygens (including phenoxy) is 1. The molecule has 3 aromatic carbocycles. The molecule has 0 aliphatic carbocycles. The largest absolute Gasteiger partial charge is 0.497 e.